The van der Waals surface area contributed by atoms with E-state index in [9.17, 15) is 49.8 Å². The van der Waals surface area contributed by atoms with E-state index in [1.807, 2.05) is 30.8 Å². The van der Waals surface area contributed by atoms with Gasteiger partial charge in [0.2, 0.25) is 0 Å². The number of carbonyl (C=O) groups excluding carboxylic acids is 4. The van der Waals surface area contributed by atoms with Gasteiger partial charge in [-0.1, -0.05) is 33.8 Å². The molecule has 0 spiro atoms. The van der Waals surface area contributed by atoms with E-state index in [4.69, 9.17) is 37.9 Å². The van der Waals surface area contributed by atoms with Crippen LogP contribution in [0.15, 0.2) is 23.8 Å². The maximum Gasteiger partial charge on any atom is 0.338 e. The molecule has 22 heteroatoms. The van der Waals surface area contributed by atoms with E-state index in [0.717, 1.165) is 6.08 Å². The highest BCUT2D eigenvalue weighted by molar-refractivity contribution is 6.01. The Kier molecular flexibility index (Phi) is 19.4. The first-order chi connectivity index (χ1) is 39.0. The lowest BCUT2D eigenvalue weighted by Crippen LogP contribution is -2.70. The molecule has 27 atom stereocenters. The lowest BCUT2D eigenvalue weighted by Gasteiger charge is -2.62. The van der Waals surface area contributed by atoms with Gasteiger partial charge in [-0.25, -0.2) is 13.6 Å². The predicted octanol–water partition coefficient (Wildman–Crippen LogP) is 4.43. The summed E-state index contributed by atoms with van der Waals surface area (Å²) in [5.74, 6) is -7.84. The van der Waals surface area contributed by atoms with Crippen LogP contribution in [0.1, 0.15) is 140 Å². The highest BCUT2D eigenvalue weighted by atomic mass is 19.1. The van der Waals surface area contributed by atoms with Crippen LogP contribution in [0.3, 0.4) is 0 Å². The van der Waals surface area contributed by atoms with Crippen molar-refractivity contribution in [2.45, 2.75) is 254 Å². The number of methoxy groups -OCH3 is 1. The molecule has 3 saturated heterocycles. The zero-order valence-electron chi connectivity index (χ0n) is 52.0. The molecule has 84 heavy (non-hydrogen) atoms. The minimum atomic E-state index is -2.39. The number of ether oxygens (including phenoxy) is 8. The topological polar surface area (TPSA) is 270 Å². The highest BCUT2D eigenvalue weighted by Gasteiger charge is 2.77. The molecule has 0 aromatic heterocycles. The van der Waals surface area contributed by atoms with Crippen LogP contribution in [-0.2, 0) is 57.1 Å². The molecule has 20 nitrogen and oxygen atoms in total. The maximum atomic E-state index is 17.8. The van der Waals surface area contributed by atoms with Crippen LogP contribution in [0.25, 0.3) is 0 Å². The monoisotopic (exact) mass is 1200 g/mol. The third-order valence-corrected chi connectivity index (χ3v) is 22.1. The summed E-state index contributed by atoms with van der Waals surface area (Å²) in [6, 6.07) is -1.13. The summed E-state index contributed by atoms with van der Waals surface area (Å²) in [4.78, 5) is 58.9. The van der Waals surface area contributed by atoms with E-state index in [0.29, 0.717) is 6.42 Å². The van der Waals surface area contributed by atoms with E-state index < -0.39 is 184 Å². The van der Waals surface area contributed by atoms with Crippen LogP contribution >= 0.6 is 0 Å². The zero-order valence-corrected chi connectivity index (χ0v) is 52.0. The summed E-state index contributed by atoms with van der Waals surface area (Å²) in [5.41, 5.74) is -12.2. The van der Waals surface area contributed by atoms with E-state index in [2.05, 4.69) is 0 Å². The Balaban J connectivity index is 0.991. The Labute approximate surface area is 494 Å². The zero-order chi connectivity index (χ0) is 62.4. The number of alkyl halides is 2. The first-order valence-corrected chi connectivity index (χ1v) is 30.6. The van der Waals surface area contributed by atoms with Crippen molar-refractivity contribution >= 4 is 23.7 Å². The third-order valence-electron chi connectivity index (χ3n) is 22.1. The van der Waals surface area contributed by atoms with Gasteiger partial charge in [0.1, 0.15) is 30.1 Å². The normalized spacial score (nSPS) is 50.0. The van der Waals surface area contributed by atoms with Crippen LogP contribution in [0, 0.1) is 46.3 Å². The first kappa shape index (κ1) is 66.8. The van der Waals surface area contributed by atoms with Gasteiger partial charge < -0.3 is 78.3 Å². The number of carbonyl (C=O) groups is 4. The van der Waals surface area contributed by atoms with Gasteiger partial charge in [-0.2, -0.15) is 0 Å². The number of aliphatic hydroxyl groups is 6. The molecule has 7 fully saturated rings. The van der Waals surface area contributed by atoms with Crippen molar-refractivity contribution in [2.75, 3.05) is 41.4 Å². The molecule has 8 rings (SSSR count). The van der Waals surface area contributed by atoms with Crippen LogP contribution in [0.5, 0.6) is 0 Å². The number of halogens is 2. The molecule has 5 unspecified atom stereocenters. The largest absolute Gasteiger partial charge is 0.464 e. The van der Waals surface area contributed by atoms with Gasteiger partial charge in [-0.15, -0.1) is 0 Å². The summed E-state index contributed by atoms with van der Waals surface area (Å²) in [5, 5.41) is 71.9. The van der Waals surface area contributed by atoms with Gasteiger partial charge in [0.15, 0.2) is 35.7 Å². The predicted molar refractivity (Wildman–Crippen MR) is 300 cm³/mol. The van der Waals surface area contributed by atoms with Gasteiger partial charge in [-0.3, -0.25) is 14.4 Å². The Hall–Kier alpha value is -3.10. The molecule has 478 valence electrons. The summed E-state index contributed by atoms with van der Waals surface area (Å²) in [6.07, 6.45) is -9.65. The van der Waals surface area contributed by atoms with Crippen molar-refractivity contribution in [2.24, 2.45) is 46.3 Å². The molecule has 0 aromatic rings. The minimum absolute atomic E-state index is 0.0220. The van der Waals surface area contributed by atoms with E-state index >= 15 is 8.78 Å². The van der Waals surface area contributed by atoms with Crippen molar-refractivity contribution in [3.05, 3.63) is 23.8 Å². The summed E-state index contributed by atoms with van der Waals surface area (Å²) < 4.78 is 84.5. The average Bonchev–Trinajstić information content (AvgIpc) is 1.31. The molecule has 0 bridgehead atoms. The standard InChI is InChI=1S/C62H98F2N2O18/c1-16-45-59(11,74)50(70)35(6)66(14)30-37-27-60(37,75)52(33(4)48(34(5)53(72)81-45)83-47-29-58(10,77-15)51(71)36(7)80-47)84-54-49(43(65(12)13)24-32(3)79-54)82-46(69)19-17-18-22-78-55(73)62(76)31(2)23-39-40-26-42(63)41-25-38(67)20-21-56(41,8)61(40,64)44(68)28-57(39,62)9/h20-21,25,31-37,39-40,42-45,47-52,54,68,70-71,74-76H,16-19,22-24,26-30H2,1-15H3/t31-,32-,33+,34-,35-,36?,37?,39?,40?,42+,43-,44+,45-,47-,48+,49-,50-,51-,52?,54+,56+,57+,58+,59-,60+,61+,62+/m1/s1. The maximum absolute atomic E-state index is 17.8. The Morgan fingerprint density at radius 2 is 1.56 bits per heavy atom. The number of likely N-dealkylation sites (N-methyl/N-ethyl adjacent to an activating group) is 2. The van der Waals surface area contributed by atoms with Gasteiger partial charge in [0.25, 0.3) is 0 Å². The smallest absolute Gasteiger partial charge is 0.338 e. The molecular weight excluding hydrogens is 1100 g/mol. The number of rotatable bonds is 14. The van der Waals surface area contributed by atoms with E-state index in [1.54, 1.807) is 62.4 Å². The van der Waals surface area contributed by atoms with Gasteiger partial charge in [-0.05, 0) is 151 Å². The SMILES string of the molecule is CC[C@H]1OC(=O)[C@H](C)[C@@H](O[C@@H]2C[C@](C)(OC)[C@H](O)C(C)O2)[C@H](C)C(O[C@@H]2O[C@H](C)C[C@@H](N(C)C)[C@H]2OC(=O)CCCCOC(=O)[C@@]2(O)[C@H](C)CC3C4C[C@H](F)C5=CC(=O)C=C[C@]5(C)[C@@]4(F)[C@@H](O)C[C@@]32C)[C@]2(O)CC2CN(C)[C@H](C)[C@@H](O)[C@]1(C)O. The number of cyclic esters (lactones) is 1. The molecular formula is C62H98F2N2O18. The Morgan fingerprint density at radius 3 is 2.20 bits per heavy atom. The molecule has 0 amide bonds. The average molecular weight is 1200 g/mol. The number of unbranched alkanes of at least 4 members (excludes halogenated alkanes) is 1. The second-order valence-corrected chi connectivity index (χ2v) is 27.7. The van der Waals surface area contributed by atoms with E-state index in [1.165, 1.54) is 33.1 Å². The first-order valence-electron chi connectivity index (χ1n) is 30.6. The second-order valence-electron chi connectivity index (χ2n) is 27.7. The number of allylic oxidation sites excluding steroid dienone is 4. The number of hydrogen-bond acceptors (Lipinski definition) is 20. The third kappa shape index (κ3) is 11.4. The minimum Gasteiger partial charge on any atom is -0.464 e. The number of nitrogens with zero attached hydrogens (tertiary/aromatic N) is 2. The molecule has 3 heterocycles. The lowest BCUT2D eigenvalue weighted by molar-refractivity contribution is -0.314. The molecule has 0 aromatic carbocycles. The summed E-state index contributed by atoms with van der Waals surface area (Å²) >= 11 is 0. The fourth-order valence-electron chi connectivity index (χ4n) is 16.4. The highest BCUT2D eigenvalue weighted by Crippen LogP contribution is 2.71. The van der Waals surface area contributed by atoms with Crippen LogP contribution in [0.2, 0.25) is 0 Å². The van der Waals surface area contributed by atoms with Crippen LogP contribution in [0.4, 0.5) is 8.78 Å². The van der Waals surface area contributed by atoms with Crippen molar-refractivity contribution in [1.82, 2.24) is 9.80 Å². The quantitative estimate of drug-likeness (QED) is 0.0798. The van der Waals surface area contributed by atoms with Crippen molar-refractivity contribution < 1.29 is 96.5 Å². The summed E-state index contributed by atoms with van der Waals surface area (Å²) in [6.45, 7) is 18.4. The second kappa shape index (κ2) is 24.4. The molecule has 0 radical (unpaired) electrons. The van der Waals surface area contributed by atoms with Crippen molar-refractivity contribution in [1.29, 1.82) is 0 Å². The molecule has 4 saturated carbocycles. The van der Waals surface area contributed by atoms with Crippen molar-refractivity contribution in [3.8, 4) is 0 Å². The van der Waals surface area contributed by atoms with E-state index in [-0.39, 0.29) is 76.5 Å². The molecule has 6 N–H and O–H groups in total. The molecule has 3 aliphatic heterocycles. The fourth-order valence-corrected chi connectivity index (χ4v) is 16.4. The van der Waals surface area contributed by atoms with Gasteiger partial charge in [0.05, 0.1) is 60.3 Å². The lowest BCUT2D eigenvalue weighted by atomic mass is 9.44. The number of hydrogen-bond donors (Lipinski definition) is 6. The number of aliphatic hydroxyl groups excluding tert-OH is 3. The van der Waals surface area contributed by atoms with Crippen LogP contribution < -0.4 is 0 Å². The molecule has 5 aliphatic carbocycles. The number of fused-ring (bicyclic) bond motifs is 6. The van der Waals surface area contributed by atoms with Gasteiger partial charge in [0, 0.05) is 61.1 Å². The molecule has 8 aliphatic rings. The summed E-state index contributed by atoms with van der Waals surface area (Å²) in [7, 11) is 6.92. The number of esters is 3. The van der Waals surface area contributed by atoms with Crippen LogP contribution in [-0.4, -0.2) is 219 Å². The Morgan fingerprint density at radius 1 is 0.881 bits per heavy atom. The van der Waals surface area contributed by atoms with Crippen molar-refractivity contribution in [3.63, 3.8) is 0 Å². The number of ketones is 1. The fraction of sp³-hybridized carbons (Fsp3) is 0.871. The Bertz CT molecular complexity index is 2490. The van der Waals surface area contributed by atoms with Gasteiger partial charge >= 0.3 is 17.9 Å².